The molecule has 1 atom stereocenters. The second kappa shape index (κ2) is 4.18. The molecule has 0 aliphatic heterocycles. The normalized spacial score (nSPS) is 12.5. The molecule has 0 aromatic carbocycles. The number of carbonyl (C=O) groups excluding carboxylic acids is 1. The van der Waals surface area contributed by atoms with Gasteiger partial charge in [0, 0.05) is 12.6 Å². The lowest BCUT2D eigenvalue weighted by Crippen LogP contribution is -2.37. The van der Waals surface area contributed by atoms with E-state index in [2.05, 4.69) is 10.3 Å². The molecule has 5 heteroatoms. The van der Waals surface area contributed by atoms with E-state index in [1.54, 1.807) is 11.7 Å². The van der Waals surface area contributed by atoms with E-state index in [9.17, 15) is 4.79 Å². The van der Waals surface area contributed by atoms with Gasteiger partial charge in [-0.05, 0) is 6.92 Å². The first-order valence-corrected chi connectivity index (χ1v) is 4.51. The zero-order valence-corrected chi connectivity index (χ0v) is 7.60. The minimum atomic E-state index is -0.101. The van der Waals surface area contributed by atoms with Gasteiger partial charge in [0.15, 0.2) is 0 Å². The second-order valence-corrected chi connectivity index (χ2v) is 3.36. The van der Waals surface area contributed by atoms with Gasteiger partial charge in [-0.1, -0.05) is 0 Å². The Bertz CT molecular complexity index is 247. The minimum absolute atomic E-state index is 0.0135. The highest BCUT2D eigenvalue weighted by molar-refractivity contribution is 7.11. The number of nitrogens with one attached hydrogen (secondary N) is 1. The summed E-state index contributed by atoms with van der Waals surface area (Å²) in [4.78, 5) is 15.7. The third-order valence-corrected chi connectivity index (χ3v) is 2.16. The standard InChI is InChI=1S/C7H11N3OS/c1-5(2-8)10-7(11)6-3-9-4-12-6/h3-5H,2,8H2,1H3,(H,10,11)/t5-/m1/s1. The lowest BCUT2D eigenvalue weighted by Gasteiger charge is -2.08. The highest BCUT2D eigenvalue weighted by atomic mass is 32.1. The highest BCUT2D eigenvalue weighted by Crippen LogP contribution is 2.04. The van der Waals surface area contributed by atoms with Crippen molar-refractivity contribution in [3.05, 3.63) is 16.6 Å². The molecule has 1 aromatic heterocycles. The molecular weight excluding hydrogens is 174 g/mol. The number of nitrogens with zero attached hydrogens (tertiary/aromatic N) is 1. The lowest BCUT2D eigenvalue weighted by molar-refractivity contribution is 0.0945. The third kappa shape index (κ3) is 2.28. The van der Waals surface area contributed by atoms with Gasteiger partial charge in [0.05, 0.1) is 11.7 Å². The molecular formula is C7H11N3OS. The smallest absolute Gasteiger partial charge is 0.263 e. The monoisotopic (exact) mass is 185 g/mol. The average molecular weight is 185 g/mol. The van der Waals surface area contributed by atoms with Crippen molar-refractivity contribution in [3.8, 4) is 0 Å². The van der Waals surface area contributed by atoms with Crippen molar-refractivity contribution in [1.82, 2.24) is 10.3 Å². The highest BCUT2D eigenvalue weighted by Gasteiger charge is 2.08. The largest absolute Gasteiger partial charge is 0.348 e. The molecule has 0 fully saturated rings. The SMILES string of the molecule is C[C@H](CN)NC(=O)c1cncs1. The van der Waals surface area contributed by atoms with Crippen LogP contribution in [0.4, 0.5) is 0 Å². The number of carbonyl (C=O) groups is 1. The van der Waals surface area contributed by atoms with Gasteiger partial charge in [-0.3, -0.25) is 9.78 Å². The summed E-state index contributed by atoms with van der Waals surface area (Å²) in [5, 5.41) is 2.74. The van der Waals surface area contributed by atoms with Crippen LogP contribution in [-0.4, -0.2) is 23.5 Å². The molecule has 0 spiro atoms. The predicted molar refractivity (Wildman–Crippen MR) is 48.1 cm³/mol. The summed E-state index contributed by atoms with van der Waals surface area (Å²) < 4.78 is 0. The Kier molecular flexibility index (Phi) is 3.19. The van der Waals surface area contributed by atoms with Crippen LogP contribution in [-0.2, 0) is 0 Å². The number of hydrogen-bond acceptors (Lipinski definition) is 4. The number of thiazole rings is 1. The van der Waals surface area contributed by atoms with Crippen LogP contribution in [0, 0.1) is 0 Å². The Morgan fingerprint density at radius 3 is 3.17 bits per heavy atom. The van der Waals surface area contributed by atoms with Crippen LogP contribution in [0.3, 0.4) is 0 Å². The van der Waals surface area contributed by atoms with Crippen LogP contribution < -0.4 is 11.1 Å². The topological polar surface area (TPSA) is 68.0 Å². The van der Waals surface area contributed by atoms with Crippen molar-refractivity contribution in [2.24, 2.45) is 5.73 Å². The average Bonchev–Trinajstić information content (AvgIpc) is 2.56. The summed E-state index contributed by atoms with van der Waals surface area (Å²) in [7, 11) is 0. The Morgan fingerprint density at radius 1 is 1.92 bits per heavy atom. The Morgan fingerprint density at radius 2 is 2.67 bits per heavy atom. The van der Waals surface area contributed by atoms with Gasteiger partial charge in [-0.2, -0.15) is 0 Å². The van der Waals surface area contributed by atoms with Crippen LogP contribution >= 0.6 is 11.3 Å². The third-order valence-electron chi connectivity index (χ3n) is 1.39. The lowest BCUT2D eigenvalue weighted by atomic mass is 10.3. The summed E-state index contributed by atoms with van der Waals surface area (Å²) in [5.74, 6) is -0.101. The van der Waals surface area contributed by atoms with Crippen LogP contribution in [0.15, 0.2) is 11.7 Å². The van der Waals surface area contributed by atoms with Crippen LogP contribution in [0.1, 0.15) is 16.6 Å². The van der Waals surface area contributed by atoms with Gasteiger partial charge in [-0.15, -0.1) is 11.3 Å². The number of rotatable bonds is 3. The summed E-state index contributed by atoms with van der Waals surface area (Å²) in [6.45, 7) is 2.31. The van der Waals surface area contributed by atoms with Crippen LogP contribution in [0.2, 0.25) is 0 Å². The summed E-state index contributed by atoms with van der Waals surface area (Å²) in [5.41, 5.74) is 6.97. The van der Waals surface area contributed by atoms with Crippen molar-refractivity contribution in [2.75, 3.05) is 6.54 Å². The van der Waals surface area contributed by atoms with E-state index in [1.807, 2.05) is 6.92 Å². The number of nitrogens with two attached hydrogens (primary N) is 1. The molecule has 0 radical (unpaired) electrons. The van der Waals surface area contributed by atoms with Crippen molar-refractivity contribution in [3.63, 3.8) is 0 Å². The van der Waals surface area contributed by atoms with Gasteiger partial charge in [-0.25, -0.2) is 0 Å². The van der Waals surface area contributed by atoms with E-state index >= 15 is 0 Å². The predicted octanol–water partition coefficient (Wildman–Crippen LogP) is 0.220. The zero-order valence-electron chi connectivity index (χ0n) is 6.78. The molecule has 0 bridgehead atoms. The maximum Gasteiger partial charge on any atom is 0.263 e. The van der Waals surface area contributed by atoms with Gasteiger partial charge >= 0.3 is 0 Å². The molecule has 66 valence electrons. The van der Waals surface area contributed by atoms with Crippen molar-refractivity contribution in [1.29, 1.82) is 0 Å². The molecule has 1 aromatic rings. The number of amides is 1. The minimum Gasteiger partial charge on any atom is -0.348 e. The van der Waals surface area contributed by atoms with Crippen LogP contribution in [0.5, 0.6) is 0 Å². The molecule has 0 unspecified atom stereocenters. The molecule has 0 saturated carbocycles. The maximum absolute atomic E-state index is 11.3. The number of aromatic nitrogens is 1. The van der Waals surface area contributed by atoms with E-state index in [0.717, 1.165) is 0 Å². The number of hydrogen-bond donors (Lipinski definition) is 2. The first-order chi connectivity index (χ1) is 5.74. The molecule has 1 rings (SSSR count). The van der Waals surface area contributed by atoms with Crippen molar-refractivity contribution in [2.45, 2.75) is 13.0 Å². The molecule has 0 aliphatic rings. The fourth-order valence-electron chi connectivity index (χ4n) is 0.682. The molecule has 1 amide bonds. The van der Waals surface area contributed by atoms with Gasteiger partial charge in [0.25, 0.3) is 5.91 Å². The fraction of sp³-hybridized carbons (Fsp3) is 0.429. The van der Waals surface area contributed by atoms with E-state index in [4.69, 9.17) is 5.73 Å². The van der Waals surface area contributed by atoms with Crippen LogP contribution in [0.25, 0.3) is 0 Å². The second-order valence-electron chi connectivity index (χ2n) is 2.48. The molecule has 1 heterocycles. The molecule has 12 heavy (non-hydrogen) atoms. The Labute approximate surface area is 74.8 Å². The summed E-state index contributed by atoms with van der Waals surface area (Å²) in [6, 6.07) is 0.0135. The van der Waals surface area contributed by atoms with Crippen molar-refractivity contribution >= 4 is 17.2 Å². The van der Waals surface area contributed by atoms with E-state index in [-0.39, 0.29) is 11.9 Å². The zero-order chi connectivity index (χ0) is 8.97. The molecule has 0 saturated heterocycles. The van der Waals surface area contributed by atoms with E-state index in [0.29, 0.717) is 11.4 Å². The molecule has 3 N–H and O–H groups in total. The quantitative estimate of drug-likeness (QED) is 0.708. The Hall–Kier alpha value is -0.940. The van der Waals surface area contributed by atoms with Gasteiger partial charge in [0.1, 0.15) is 4.88 Å². The van der Waals surface area contributed by atoms with Crippen molar-refractivity contribution < 1.29 is 4.79 Å². The van der Waals surface area contributed by atoms with E-state index < -0.39 is 0 Å². The molecule has 4 nitrogen and oxygen atoms in total. The first kappa shape index (κ1) is 9.15. The summed E-state index contributed by atoms with van der Waals surface area (Å²) in [6.07, 6.45) is 1.54. The van der Waals surface area contributed by atoms with Gasteiger partial charge in [0.2, 0.25) is 0 Å². The maximum atomic E-state index is 11.3. The summed E-state index contributed by atoms with van der Waals surface area (Å²) >= 11 is 1.32. The molecule has 0 aliphatic carbocycles. The van der Waals surface area contributed by atoms with E-state index in [1.165, 1.54) is 11.3 Å². The fourth-order valence-corrected chi connectivity index (χ4v) is 1.20. The Balaban J connectivity index is 2.50. The first-order valence-electron chi connectivity index (χ1n) is 3.63. The van der Waals surface area contributed by atoms with Gasteiger partial charge < -0.3 is 11.1 Å².